The smallest absolute Gasteiger partial charge is 0.412 e. The summed E-state index contributed by atoms with van der Waals surface area (Å²) < 4.78 is 59.4. The Morgan fingerprint density at radius 2 is 0.667 bits per heavy atom. The summed E-state index contributed by atoms with van der Waals surface area (Å²) in [5.41, 5.74) is 0. The molecule has 0 aromatic carbocycles. The minimum absolute atomic E-state index is 0. The van der Waals surface area contributed by atoms with E-state index in [1.54, 1.807) is 0 Å². The molecular weight excluding hydrogens is 228 g/mol. The van der Waals surface area contributed by atoms with Crippen LogP contribution in [0.5, 0.6) is 0 Å². The van der Waals surface area contributed by atoms with Crippen LogP contribution in [-0.2, 0) is 0 Å². The molecular formula is H2AsF6NaO. The van der Waals surface area contributed by atoms with Gasteiger partial charge in [0.1, 0.15) is 0 Å². The van der Waals surface area contributed by atoms with E-state index in [2.05, 4.69) is 0 Å². The first kappa shape index (κ1) is 16.6. The molecule has 0 saturated carbocycles. The first-order valence-corrected chi connectivity index (χ1v) is 5.27. The summed E-state index contributed by atoms with van der Waals surface area (Å²) in [7, 11) is 0. The second kappa shape index (κ2) is 2.30. The van der Waals surface area contributed by atoms with Gasteiger partial charge in [0.05, 0.1) is 0 Å². The fraction of sp³-hybridized carbons (Fsp3) is 0. The molecule has 0 rings (SSSR count). The Hall–Kier alpha value is 1.10. The van der Waals surface area contributed by atoms with E-state index in [0.29, 0.717) is 0 Å². The maximum atomic E-state index is 9.91. The van der Waals surface area contributed by atoms with Gasteiger partial charge < -0.3 is 5.48 Å². The molecule has 0 heterocycles. The Kier molecular flexibility index (Phi) is 4.24. The maximum absolute atomic E-state index is 11.1. The molecule has 0 unspecified atom stereocenters. The first-order chi connectivity index (χ1) is 2.45. The third kappa shape index (κ3) is 380. The Balaban J connectivity index is -0.000000180. The zero-order valence-corrected chi connectivity index (χ0v) is 8.09. The van der Waals surface area contributed by atoms with Crippen molar-refractivity contribution in [3.63, 3.8) is 0 Å². The van der Waals surface area contributed by atoms with Gasteiger partial charge >= 0.3 is 64.5 Å². The van der Waals surface area contributed by atoms with Gasteiger partial charge in [0.2, 0.25) is 0 Å². The molecule has 9 heteroatoms. The van der Waals surface area contributed by atoms with Gasteiger partial charge in [0.25, 0.3) is 0 Å². The molecule has 0 amide bonds. The Labute approximate surface area is 69.9 Å². The quantitative estimate of drug-likeness (QED) is 0.351. The first-order valence-electron chi connectivity index (χ1n) is 1.01. The molecule has 0 aliphatic heterocycles. The van der Waals surface area contributed by atoms with Crippen LogP contribution >= 0.6 is 0 Å². The van der Waals surface area contributed by atoms with Gasteiger partial charge in [-0.25, -0.2) is 0 Å². The van der Waals surface area contributed by atoms with Crippen molar-refractivity contribution in [2.45, 2.75) is 0 Å². The number of hydrogen-bond donors (Lipinski definition) is 0. The standard InChI is InChI=1S/AsF6.Na.H2O/c2-1(3,4,5,6)7;;/h;;1H2/q-1;+1;. The molecule has 0 aromatic heterocycles. The van der Waals surface area contributed by atoms with Gasteiger partial charge in [-0.3, -0.25) is 0 Å². The van der Waals surface area contributed by atoms with Crippen LogP contribution in [0.25, 0.3) is 0 Å². The summed E-state index contributed by atoms with van der Waals surface area (Å²) in [4.78, 5) is 0. The van der Waals surface area contributed by atoms with Gasteiger partial charge in [0, 0.05) is 0 Å². The van der Waals surface area contributed by atoms with E-state index in [-0.39, 0.29) is 35.0 Å². The summed E-state index contributed by atoms with van der Waals surface area (Å²) in [6.45, 7) is 0. The van der Waals surface area contributed by atoms with Crippen LogP contribution in [0.4, 0.5) is 20.8 Å². The van der Waals surface area contributed by atoms with E-state index >= 15 is 0 Å². The maximum Gasteiger partial charge on any atom is 1.00 e. The Bertz CT molecular complexity index is 71.6. The van der Waals surface area contributed by atoms with Crippen LogP contribution in [0, 0.1) is 0 Å². The van der Waals surface area contributed by atoms with Crippen molar-refractivity contribution in [2.75, 3.05) is 0 Å². The molecule has 0 aliphatic rings. The summed E-state index contributed by atoms with van der Waals surface area (Å²) in [5, 5.41) is 0. The molecule has 9 heavy (non-hydrogen) atoms. The van der Waals surface area contributed by atoms with Gasteiger partial charge in [-0.2, -0.15) is 0 Å². The van der Waals surface area contributed by atoms with E-state index in [9.17, 15) is 20.8 Å². The van der Waals surface area contributed by atoms with Gasteiger partial charge in [-0.1, -0.05) is 0 Å². The Morgan fingerprint density at radius 3 is 0.667 bits per heavy atom. The van der Waals surface area contributed by atoms with Crippen LogP contribution in [0.2, 0.25) is 0 Å². The van der Waals surface area contributed by atoms with Crippen molar-refractivity contribution in [3.8, 4) is 0 Å². The zero-order valence-electron chi connectivity index (χ0n) is 4.22. The van der Waals surface area contributed by atoms with E-state index in [1.165, 1.54) is 0 Å². The third-order valence-electron chi connectivity index (χ3n) is 0. The van der Waals surface area contributed by atoms with Crippen molar-refractivity contribution in [3.05, 3.63) is 0 Å². The van der Waals surface area contributed by atoms with E-state index < -0.39 is 14.2 Å². The van der Waals surface area contributed by atoms with E-state index in [4.69, 9.17) is 0 Å². The molecule has 0 aliphatic carbocycles. The molecule has 0 spiro atoms. The molecule has 0 saturated heterocycles. The van der Waals surface area contributed by atoms with Crippen LogP contribution < -0.4 is 29.6 Å². The minimum Gasteiger partial charge on any atom is -0.412 e. The van der Waals surface area contributed by atoms with Crippen LogP contribution in [0.3, 0.4) is 0 Å². The number of hydrogen-bond acceptors (Lipinski definition) is 0. The molecule has 0 fully saturated rings. The SMILES string of the molecule is F[As-](F)(F)(F)(F)F.O.[Na+]. The van der Waals surface area contributed by atoms with E-state index in [0.717, 1.165) is 0 Å². The second-order valence-electron chi connectivity index (χ2n) is 0.958. The molecule has 2 N–H and O–H groups in total. The minimum atomic E-state index is -11.1. The third-order valence-corrected chi connectivity index (χ3v) is 0. The molecule has 1 nitrogen and oxygen atoms in total. The predicted octanol–water partition coefficient (Wildman–Crippen LogP) is -1.68. The summed E-state index contributed by atoms with van der Waals surface area (Å²) in [5.74, 6) is 0. The number of halogens is 6. The van der Waals surface area contributed by atoms with Crippen molar-refractivity contribution in [1.29, 1.82) is 0 Å². The average Bonchev–Trinajstić information content (AvgIpc) is 0.592. The molecule has 0 bridgehead atoms. The van der Waals surface area contributed by atoms with Gasteiger partial charge in [0.15, 0.2) is 0 Å². The van der Waals surface area contributed by atoms with Crippen LogP contribution in [-0.4, -0.2) is 19.6 Å². The predicted molar refractivity (Wildman–Crippen MR) is 16.0 cm³/mol. The Morgan fingerprint density at radius 1 is 0.667 bits per heavy atom. The summed E-state index contributed by atoms with van der Waals surface area (Å²) >= 11 is -11.1. The molecule has 0 radical (unpaired) electrons. The summed E-state index contributed by atoms with van der Waals surface area (Å²) in [6, 6.07) is 0. The molecule has 56 valence electrons. The average molecular weight is 230 g/mol. The number of rotatable bonds is 0. The topological polar surface area (TPSA) is 31.5 Å². The normalized spacial score (nSPS) is 18.0. The van der Waals surface area contributed by atoms with Crippen LogP contribution in [0.1, 0.15) is 0 Å². The monoisotopic (exact) mass is 230 g/mol. The molecule has 0 atom stereocenters. The van der Waals surface area contributed by atoms with Gasteiger partial charge in [-0.15, -0.1) is 0 Å². The fourth-order valence-corrected chi connectivity index (χ4v) is 0. The van der Waals surface area contributed by atoms with Gasteiger partial charge in [-0.05, 0) is 0 Å². The van der Waals surface area contributed by atoms with Crippen LogP contribution in [0.15, 0.2) is 0 Å². The van der Waals surface area contributed by atoms with Crippen molar-refractivity contribution < 1.29 is 55.8 Å². The molecule has 0 aromatic rings. The van der Waals surface area contributed by atoms with Crippen molar-refractivity contribution in [1.82, 2.24) is 0 Å². The fourth-order valence-electron chi connectivity index (χ4n) is 0. The van der Waals surface area contributed by atoms with E-state index in [1.807, 2.05) is 0 Å². The van der Waals surface area contributed by atoms with Crippen molar-refractivity contribution >= 4 is 14.2 Å². The zero-order chi connectivity index (χ0) is 6.41. The largest absolute Gasteiger partial charge is 1.00 e. The summed E-state index contributed by atoms with van der Waals surface area (Å²) in [6.07, 6.45) is 0. The second-order valence-corrected chi connectivity index (χ2v) is 4.98. The van der Waals surface area contributed by atoms with Crippen molar-refractivity contribution in [2.24, 2.45) is 0 Å².